The van der Waals surface area contributed by atoms with E-state index in [9.17, 15) is 4.79 Å². The van der Waals surface area contributed by atoms with Gasteiger partial charge in [-0.2, -0.15) is 0 Å². The fourth-order valence-electron chi connectivity index (χ4n) is 2.92. The van der Waals surface area contributed by atoms with Crippen LogP contribution in [0.3, 0.4) is 0 Å². The van der Waals surface area contributed by atoms with Crippen LogP contribution in [0.2, 0.25) is 0 Å². The zero-order chi connectivity index (χ0) is 14.9. The van der Waals surface area contributed by atoms with E-state index < -0.39 is 6.10 Å². The topological polar surface area (TPSA) is 53.9 Å². The second-order valence-corrected chi connectivity index (χ2v) is 6.06. The molecule has 2 heterocycles. The van der Waals surface area contributed by atoms with E-state index in [1.54, 1.807) is 0 Å². The lowest BCUT2D eigenvalue weighted by atomic mass is 10.1. The van der Waals surface area contributed by atoms with Crippen molar-refractivity contribution in [3.8, 4) is 0 Å². The maximum atomic E-state index is 11.9. The third-order valence-electron chi connectivity index (χ3n) is 4.33. The van der Waals surface area contributed by atoms with Crippen molar-refractivity contribution in [3.63, 3.8) is 0 Å². The van der Waals surface area contributed by atoms with Gasteiger partial charge in [0.05, 0.1) is 5.71 Å². The molecule has 0 aromatic carbocycles. The molecule has 1 N–H and O–H groups in total. The Bertz CT molecular complexity index is 349. The summed E-state index contributed by atoms with van der Waals surface area (Å²) < 4.78 is 0. The molecule has 0 spiro atoms. The van der Waals surface area contributed by atoms with Gasteiger partial charge in [-0.1, -0.05) is 24.9 Å². The van der Waals surface area contributed by atoms with Crippen LogP contribution >= 0.6 is 0 Å². The fourth-order valence-corrected chi connectivity index (χ4v) is 2.92. The number of hydrogen-bond donors (Lipinski definition) is 1. The summed E-state index contributed by atoms with van der Waals surface area (Å²) in [5, 5.41) is 6.88. The number of carbonyl (C=O) groups excluding carboxylic acids is 1. The van der Waals surface area contributed by atoms with Crippen molar-refractivity contribution < 1.29 is 9.63 Å². The maximum absolute atomic E-state index is 11.9. The molecule has 2 aliphatic heterocycles. The van der Waals surface area contributed by atoms with Gasteiger partial charge in [0.25, 0.3) is 5.91 Å². The van der Waals surface area contributed by atoms with Crippen molar-refractivity contribution in [2.24, 2.45) is 5.16 Å². The molecule has 0 radical (unpaired) electrons. The molecule has 1 unspecified atom stereocenters. The molecule has 1 atom stereocenters. The van der Waals surface area contributed by atoms with Crippen LogP contribution < -0.4 is 5.32 Å². The molecule has 0 aromatic heterocycles. The number of hydrogen-bond acceptors (Lipinski definition) is 4. The van der Waals surface area contributed by atoms with Gasteiger partial charge in [-0.25, -0.2) is 0 Å². The van der Waals surface area contributed by atoms with E-state index >= 15 is 0 Å². The normalized spacial score (nSPS) is 23.3. The van der Waals surface area contributed by atoms with Crippen LogP contribution in [0.15, 0.2) is 5.16 Å². The Balaban J connectivity index is 1.50. The van der Waals surface area contributed by atoms with Gasteiger partial charge in [0.2, 0.25) is 6.10 Å². The number of likely N-dealkylation sites (tertiary alicyclic amines) is 1. The Kier molecular flexibility index (Phi) is 7.00. The number of amides is 1. The van der Waals surface area contributed by atoms with Crippen molar-refractivity contribution in [1.82, 2.24) is 10.2 Å². The first-order chi connectivity index (χ1) is 10.3. The van der Waals surface area contributed by atoms with Crippen LogP contribution in [0.25, 0.3) is 0 Å². The Hall–Kier alpha value is -1.10. The molecule has 1 amide bonds. The molecule has 1 saturated heterocycles. The maximum Gasteiger partial charge on any atom is 0.264 e. The summed E-state index contributed by atoms with van der Waals surface area (Å²) in [4.78, 5) is 19.6. The fraction of sp³-hybridized carbons (Fsp3) is 0.875. The molecule has 5 nitrogen and oxygen atoms in total. The summed E-state index contributed by atoms with van der Waals surface area (Å²) in [6.07, 6.45) is 8.76. The molecule has 0 bridgehead atoms. The van der Waals surface area contributed by atoms with E-state index in [1.807, 2.05) is 6.92 Å². The second kappa shape index (κ2) is 9.03. The lowest BCUT2D eigenvalue weighted by Gasteiger charge is -2.19. The van der Waals surface area contributed by atoms with Crippen LogP contribution in [-0.4, -0.2) is 48.8 Å². The number of nitrogens with one attached hydrogen (secondary N) is 1. The first kappa shape index (κ1) is 16.3. The van der Waals surface area contributed by atoms with E-state index in [0.717, 1.165) is 31.5 Å². The van der Waals surface area contributed by atoms with E-state index in [-0.39, 0.29) is 5.91 Å². The molecule has 0 aliphatic carbocycles. The Morgan fingerprint density at radius 1 is 1.29 bits per heavy atom. The second-order valence-electron chi connectivity index (χ2n) is 6.06. The summed E-state index contributed by atoms with van der Waals surface area (Å²) >= 11 is 0. The third kappa shape index (κ3) is 5.65. The average molecular weight is 295 g/mol. The Labute approximate surface area is 128 Å². The molecular weight excluding hydrogens is 266 g/mol. The molecule has 0 saturated carbocycles. The van der Waals surface area contributed by atoms with Crippen molar-refractivity contribution >= 4 is 11.6 Å². The summed E-state index contributed by atoms with van der Waals surface area (Å²) in [6.45, 7) is 6.44. The predicted molar refractivity (Wildman–Crippen MR) is 84.4 cm³/mol. The average Bonchev–Trinajstić information content (AvgIpc) is 2.84. The van der Waals surface area contributed by atoms with Gasteiger partial charge >= 0.3 is 0 Å². The molecule has 0 aromatic rings. The van der Waals surface area contributed by atoms with E-state index in [0.29, 0.717) is 6.42 Å². The van der Waals surface area contributed by atoms with Crippen LogP contribution in [0.1, 0.15) is 58.3 Å². The Morgan fingerprint density at radius 2 is 2.05 bits per heavy atom. The van der Waals surface area contributed by atoms with E-state index in [4.69, 9.17) is 4.84 Å². The molecular formula is C16H29N3O2. The summed E-state index contributed by atoms with van der Waals surface area (Å²) in [5.74, 6) is -0.0167. The van der Waals surface area contributed by atoms with Gasteiger partial charge in [0.15, 0.2) is 0 Å². The van der Waals surface area contributed by atoms with Crippen molar-refractivity contribution in [1.29, 1.82) is 0 Å². The molecule has 5 heteroatoms. The van der Waals surface area contributed by atoms with Crippen LogP contribution in [0.4, 0.5) is 0 Å². The highest BCUT2D eigenvalue weighted by molar-refractivity contribution is 5.92. The summed E-state index contributed by atoms with van der Waals surface area (Å²) in [6, 6.07) is 0. The smallest absolute Gasteiger partial charge is 0.264 e. The van der Waals surface area contributed by atoms with E-state index in [2.05, 4.69) is 15.4 Å². The summed E-state index contributed by atoms with van der Waals surface area (Å²) in [5.41, 5.74) is 0.983. The number of carbonyl (C=O) groups is 1. The lowest BCUT2D eigenvalue weighted by molar-refractivity contribution is -0.131. The molecule has 1 fully saturated rings. The molecule has 2 rings (SSSR count). The van der Waals surface area contributed by atoms with E-state index in [1.165, 1.54) is 45.3 Å². The highest BCUT2D eigenvalue weighted by atomic mass is 16.6. The van der Waals surface area contributed by atoms with Crippen LogP contribution in [0.5, 0.6) is 0 Å². The SMILES string of the molecule is CCC1=NOC(C(=O)NCCCCN2CCCCCC2)C1. The highest BCUT2D eigenvalue weighted by Crippen LogP contribution is 2.13. The Morgan fingerprint density at radius 3 is 2.71 bits per heavy atom. The minimum atomic E-state index is -0.398. The molecule has 120 valence electrons. The van der Waals surface area contributed by atoms with Gasteiger partial charge in [-0.15, -0.1) is 0 Å². The molecule has 21 heavy (non-hydrogen) atoms. The zero-order valence-corrected chi connectivity index (χ0v) is 13.3. The predicted octanol–water partition coefficient (Wildman–Crippen LogP) is 2.31. The van der Waals surface area contributed by atoms with Gasteiger partial charge in [0, 0.05) is 13.0 Å². The number of unbranched alkanes of at least 4 members (excludes halogenated alkanes) is 1. The van der Waals surface area contributed by atoms with Crippen molar-refractivity contribution in [2.75, 3.05) is 26.2 Å². The lowest BCUT2D eigenvalue weighted by Crippen LogP contribution is -2.35. The van der Waals surface area contributed by atoms with Crippen molar-refractivity contribution in [2.45, 2.75) is 64.4 Å². The molecule has 2 aliphatic rings. The first-order valence-electron chi connectivity index (χ1n) is 8.51. The standard InChI is InChI=1S/C16H29N3O2/c1-2-14-13-15(21-18-14)16(20)17-9-5-8-12-19-10-6-3-4-7-11-19/h15H,2-13H2,1H3,(H,17,20). The van der Waals surface area contributed by atoms with Gasteiger partial charge in [-0.05, 0) is 51.7 Å². The number of oxime groups is 1. The highest BCUT2D eigenvalue weighted by Gasteiger charge is 2.26. The van der Waals surface area contributed by atoms with Gasteiger partial charge in [0.1, 0.15) is 0 Å². The third-order valence-corrected chi connectivity index (χ3v) is 4.33. The first-order valence-corrected chi connectivity index (χ1v) is 8.51. The van der Waals surface area contributed by atoms with Crippen molar-refractivity contribution in [3.05, 3.63) is 0 Å². The quantitative estimate of drug-likeness (QED) is 0.733. The van der Waals surface area contributed by atoms with Crippen LogP contribution in [0, 0.1) is 0 Å². The minimum Gasteiger partial charge on any atom is -0.382 e. The van der Waals surface area contributed by atoms with Crippen LogP contribution in [-0.2, 0) is 9.63 Å². The monoisotopic (exact) mass is 295 g/mol. The van der Waals surface area contributed by atoms with Gasteiger partial charge < -0.3 is 15.1 Å². The minimum absolute atomic E-state index is 0.0167. The number of nitrogens with zero attached hydrogens (tertiary/aromatic N) is 2. The summed E-state index contributed by atoms with van der Waals surface area (Å²) in [7, 11) is 0. The number of rotatable bonds is 7. The van der Waals surface area contributed by atoms with Gasteiger partial charge in [-0.3, -0.25) is 4.79 Å². The largest absolute Gasteiger partial charge is 0.382 e. The zero-order valence-electron chi connectivity index (χ0n) is 13.3.